The van der Waals surface area contributed by atoms with Gasteiger partial charge in [-0.2, -0.15) is 11.8 Å². The topological polar surface area (TPSA) is 15.3 Å². The molecular formula is C11H24N2S. The van der Waals surface area contributed by atoms with Crippen molar-refractivity contribution in [2.45, 2.75) is 39.3 Å². The smallest absolute Gasteiger partial charge is 0.0166 e. The molecule has 0 spiro atoms. The number of likely N-dealkylation sites (N-methyl/N-ethyl adjacent to an activating group) is 1. The maximum absolute atomic E-state index is 3.64. The Hall–Kier alpha value is 0.270. The van der Waals surface area contributed by atoms with E-state index in [1.807, 2.05) is 0 Å². The third kappa shape index (κ3) is 4.20. The fraction of sp³-hybridized carbons (Fsp3) is 1.00. The predicted octanol–water partition coefficient (Wildman–Crippen LogP) is 1.81. The van der Waals surface area contributed by atoms with Crippen LogP contribution in [0.25, 0.3) is 0 Å². The molecule has 1 saturated heterocycles. The number of thioether (sulfide) groups is 1. The van der Waals surface area contributed by atoms with E-state index in [0.717, 1.165) is 12.6 Å². The Kier molecular flexibility index (Phi) is 5.90. The zero-order valence-electron chi connectivity index (χ0n) is 9.75. The minimum Gasteiger partial charge on any atom is -0.312 e. The molecule has 0 radical (unpaired) electrons. The molecule has 0 aromatic rings. The zero-order chi connectivity index (χ0) is 10.4. The molecule has 3 heteroatoms. The fourth-order valence-corrected chi connectivity index (χ4v) is 3.08. The summed E-state index contributed by atoms with van der Waals surface area (Å²) in [6, 6.07) is 1.46. The van der Waals surface area contributed by atoms with Crippen LogP contribution in [0.15, 0.2) is 0 Å². The molecule has 1 aliphatic heterocycles. The maximum atomic E-state index is 3.64. The van der Waals surface area contributed by atoms with Gasteiger partial charge in [0.05, 0.1) is 0 Å². The molecule has 1 heterocycles. The first-order valence-corrected chi connectivity index (χ1v) is 6.94. The van der Waals surface area contributed by atoms with Gasteiger partial charge in [-0.1, -0.05) is 6.92 Å². The average Bonchev–Trinajstić information content (AvgIpc) is 2.64. The highest BCUT2D eigenvalue weighted by Gasteiger charge is 2.14. The summed E-state index contributed by atoms with van der Waals surface area (Å²) < 4.78 is 0. The van der Waals surface area contributed by atoms with Crippen molar-refractivity contribution in [3.8, 4) is 0 Å². The van der Waals surface area contributed by atoms with Crippen LogP contribution in [0.1, 0.15) is 27.2 Å². The van der Waals surface area contributed by atoms with Gasteiger partial charge in [0, 0.05) is 30.9 Å². The fourth-order valence-electron chi connectivity index (χ4n) is 1.89. The van der Waals surface area contributed by atoms with E-state index in [-0.39, 0.29) is 0 Å². The van der Waals surface area contributed by atoms with Crippen molar-refractivity contribution in [1.82, 2.24) is 10.2 Å². The first-order chi connectivity index (χ1) is 6.74. The van der Waals surface area contributed by atoms with E-state index in [1.54, 1.807) is 0 Å². The summed E-state index contributed by atoms with van der Waals surface area (Å²) >= 11 is 2.08. The van der Waals surface area contributed by atoms with Gasteiger partial charge in [-0.15, -0.1) is 0 Å². The van der Waals surface area contributed by atoms with E-state index in [9.17, 15) is 0 Å². The van der Waals surface area contributed by atoms with Gasteiger partial charge in [-0.3, -0.25) is 4.90 Å². The zero-order valence-corrected chi connectivity index (χ0v) is 10.6. The first-order valence-electron chi connectivity index (χ1n) is 5.79. The van der Waals surface area contributed by atoms with Crippen molar-refractivity contribution >= 4 is 11.8 Å². The second kappa shape index (κ2) is 6.70. The lowest BCUT2D eigenvalue weighted by Crippen LogP contribution is -2.39. The van der Waals surface area contributed by atoms with Crippen LogP contribution < -0.4 is 5.32 Å². The SMILES string of the molecule is CCN(CCNC1CCSC1)C(C)C. The Morgan fingerprint density at radius 3 is 2.79 bits per heavy atom. The van der Waals surface area contributed by atoms with Crippen molar-refractivity contribution in [3.63, 3.8) is 0 Å². The average molecular weight is 216 g/mol. The summed E-state index contributed by atoms with van der Waals surface area (Å²) in [6.07, 6.45) is 1.36. The monoisotopic (exact) mass is 216 g/mol. The number of hydrogen-bond donors (Lipinski definition) is 1. The molecule has 1 unspecified atom stereocenters. The molecule has 0 amide bonds. The van der Waals surface area contributed by atoms with Gasteiger partial charge in [0.25, 0.3) is 0 Å². The summed E-state index contributed by atoms with van der Waals surface area (Å²) in [5.74, 6) is 2.66. The van der Waals surface area contributed by atoms with Gasteiger partial charge in [0.2, 0.25) is 0 Å². The molecule has 0 bridgehead atoms. The number of hydrogen-bond acceptors (Lipinski definition) is 3. The molecule has 1 N–H and O–H groups in total. The molecule has 1 fully saturated rings. The summed E-state index contributed by atoms with van der Waals surface area (Å²) in [5, 5.41) is 3.64. The Morgan fingerprint density at radius 1 is 1.50 bits per heavy atom. The molecule has 14 heavy (non-hydrogen) atoms. The van der Waals surface area contributed by atoms with Crippen molar-refractivity contribution in [2.75, 3.05) is 31.1 Å². The molecule has 0 aliphatic carbocycles. The van der Waals surface area contributed by atoms with Gasteiger partial charge in [-0.25, -0.2) is 0 Å². The molecule has 2 nitrogen and oxygen atoms in total. The third-order valence-corrected chi connectivity index (χ3v) is 4.06. The molecule has 1 aliphatic rings. The summed E-state index contributed by atoms with van der Waals surface area (Å²) in [4.78, 5) is 2.51. The Bertz CT molecular complexity index is 144. The van der Waals surface area contributed by atoms with Crippen LogP contribution in [-0.4, -0.2) is 48.1 Å². The van der Waals surface area contributed by atoms with E-state index >= 15 is 0 Å². The number of nitrogens with one attached hydrogen (secondary N) is 1. The minimum absolute atomic E-state index is 0.680. The van der Waals surface area contributed by atoms with Crippen LogP contribution in [0.4, 0.5) is 0 Å². The highest BCUT2D eigenvalue weighted by molar-refractivity contribution is 7.99. The predicted molar refractivity (Wildman–Crippen MR) is 66.1 cm³/mol. The number of nitrogens with zero attached hydrogens (tertiary/aromatic N) is 1. The second-order valence-corrected chi connectivity index (χ2v) is 5.39. The molecule has 0 aromatic heterocycles. The molecule has 0 aromatic carbocycles. The quantitative estimate of drug-likeness (QED) is 0.729. The lowest BCUT2D eigenvalue weighted by molar-refractivity contribution is 0.231. The van der Waals surface area contributed by atoms with Crippen LogP contribution in [0, 0.1) is 0 Å². The minimum atomic E-state index is 0.680. The van der Waals surface area contributed by atoms with Crippen molar-refractivity contribution in [3.05, 3.63) is 0 Å². The Balaban J connectivity index is 2.06. The summed E-state index contributed by atoms with van der Waals surface area (Å²) in [5.41, 5.74) is 0. The van der Waals surface area contributed by atoms with Crippen molar-refractivity contribution in [1.29, 1.82) is 0 Å². The Morgan fingerprint density at radius 2 is 2.29 bits per heavy atom. The highest BCUT2D eigenvalue weighted by atomic mass is 32.2. The summed E-state index contributed by atoms with van der Waals surface area (Å²) in [7, 11) is 0. The molecule has 84 valence electrons. The van der Waals surface area contributed by atoms with Gasteiger partial charge in [0.1, 0.15) is 0 Å². The van der Waals surface area contributed by atoms with Crippen molar-refractivity contribution < 1.29 is 0 Å². The van der Waals surface area contributed by atoms with E-state index in [0.29, 0.717) is 6.04 Å². The molecule has 0 saturated carbocycles. The van der Waals surface area contributed by atoms with E-state index in [1.165, 1.54) is 31.0 Å². The first kappa shape index (κ1) is 12.3. The van der Waals surface area contributed by atoms with E-state index < -0.39 is 0 Å². The maximum Gasteiger partial charge on any atom is 0.0166 e. The standard InChI is InChI=1S/C11H24N2S/c1-4-13(10(2)3)7-6-12-11-5-8-14-9-11/h10-12H,4-9H2,1-3H3. The largest absolute Gasteiger partial charge is 0.312 e. The summed E-state index contributed by atoms with van der Waals surface area (Å²) in [6.45, 7) is 10.3. The lowest BCUT2D eigenvalue weighted by Gasteiger charge is -2.25. The lowest BCUT2D eigenvalue weighted by atomic mass is 10.2. The molecule has 1 atom stereocenters. The van der Waals surface area contributed by atoms with Crippen LogP contribution in [0.2, 0.25) is 0 Å². The third-order valence-electron chi connectivity index (χ3n) is 2.90. The van der Waals surface area contributed by atoms with E-state index in [2.05, 4.69) is 42.7 Å². The van der Waals surface area contributed by atoms with Crippen molar-refractivity contribution in [2.24, 2.45) is 0 Å². The van der Waals surface area contributed by atoms with Crippen LogP contribution in [-0.2, 0) is 0 Å². The van der Waals surface area contributed by atoms with Gasteiger partial charge in [-0.05, 0) is 32.6 Å². The van der Waals surface area contributed by atoms with Crippen LogP contribution in [0.5, 0.6) is 0 Å². The van der Waals surface area contributed by atoms with Crippen LogP contribution >= 0.6 is 11.8 Å². The normalized spacial score (nSPS) is 22.5. The number of rotatable bonds is 6. The second-order valence-electron chi connectivity index (χ2n) is 4.24. The van der Waals surface area contributed by atoms with Gasteiger partial charge >= 0.3 is 0 Å². The molecular weight excluding hydrogens is 192 g/mol. The highest BCUT2D eigenvalue weighted by Crippen LogP contribution is 2.16. The van der Waals surface area contributed by atoms with Gasteiger partial charge in [0.15, 0.2) is 0 Å². The Labute approximate surface area is 92.8 Å². The van der Waals surface area contributed by atoms with E-state index in [4.69, 9.17) is 0 Å². The van der Waals surface area contributed by atoms with Gasteiger partial charge < -0.3 is 5.32 Å². The molecule has 1 rings (SSSR count). The van der Waals surface area contributed by atoms with Crippen LogP contribution in [0.3, 0.4) is 0 Å².